The molecule has 0 fully saturated rings. The van der Waals surface area contributed by atoms with Gasteiger partial charge in [0.25, 0.3) is 5.56 Å². The van der Waals surface area contributed by atoms with E-state index in [1.165, 1.54) is 0 Å². The number of aliphatic hydroxyl groups excluding tert-OH is 1. The van der Waals surface area contributed by atoms with Gasteiger partial charge in [-0.15, -0.1) is 0 Å². The lowest BCUT2D eigenvalue weighted by Gasteiger charge is -2.11. The molecule has 0 saturated heterocycles. The molecule has 2 amide bonds. The Morgan fingerprint density at radius 3 is 2.67 bits per heavy atom. The molecule has 3 N–H and O–H groups in total. The third kappa shape index (κ3) is 5.24. The summed E-state index contributed by atoms with van der Waals surface area (Å²) in [6.07, 6.45) is 2.39. The summed E-state index contributed by atoms with van der Waals surface area (Å²) >= 11 is 0. The predicted molar refractivity (Wildman–Crippen MR) is 94.2 cm³/mol. The fourth-order valence-corrected chi connectivity index (χ4v) is 2.26. The highest BCUT2D eigenvalue weighted by Gasteiger charge is 2.08. The molecule has 2 aromatic rings. The zero-order chi connectivity index (χ0) is 17.4. The molecule has 0 aliphatic carbocycles. The molecule has 2 rings (SSSR count). The number of nitrogens with one attached hydrogen (secondary N) is 2. The van der Waals surface area contributed by atoms with Gasteiger partial charge in [0.1, 0.15) is 5.69 Å². The Labute approximate surface area is 141 Å². The Bertz CT molecular complexity index is 713. The van der Waals surface area contributed by atoms with Crippen LogP contribution < -0.4 is 16.2 Å². The normalized spacial score (nSPS) is 11.8. The molecule has 0 aliphatic rings. The lowest BCUT2D eigenvalue weighted by Crippen LogP contribution is -2.34. The quantitative estimate of drug-likeness (QED) is 0.728. The predicted octanol–water partition coefficient (Wildman–Crippen LogP) is 2.18. The summed E-state index contributed by atoms with van der Waals surface area (Å²) in [4.78, 5) is 24.3. The number of urea groups is 1. The topological polar surface area (TPSA) is 83.4 Å². The minimum absolute atomic E-state index is 0.224. The van der Waals surface area contributed by atoms with Gasteiger partial charge in [0.2, 0.25) is 0 Å². The minimum Gasteiger partial charge on any atom is -0.393 e. The number of hydrogen-bond donors (Lipinski definition) is 3. The van der Waals surface area contributed by atoms with Crippen LogP contribution in [-0.4, -0.2) is 28.4 Å². The van der Waals surface area contributed by atoms with Crippen molar-refractivity contribution in [2.24, 2.45) is 0 Å². The van der Waals surface area contributed by atoms with Crippen LogP contribution in [-0.2, 0) is 6.54 Å². The Kier molecular flexibility index (Phi) is 6.57. The highest BCUT2D eigenvalue weighted by Crippen LogP contribution is 2.03. The second-order valence-electron chi connectivity index (χ2n) is 5.57. The Morgan fingerprint density at radius 1 is 1.21 bits per heavy atom. The first-order valence-corrected chi connectivity index (χ1v) is 8.06. The van der Waals surface area contributed by atoms with Crippen molar-refractivity contribution in [3.8, 4) is 0 Å². The van der Waals surface area contributed by atoms with Crippen LogP contribution in [0.2, 0.25) is 0 Å². The molecule has 128 valence electrons. The van der Waals surface area contributed by atoms with E-state index in [9.17, 15) is 14.7 Å². The van der Waals surface area contributed by atoms with E-state index < -0.39 is 12.1 Å². The van der Waals surface area contributed by atoms with Crippen LogP contribution in [0.3, 0.4) is 0 Å². The second kappa shape index (κ2) is 8.88. The molecule has 1 aromatic heterocycles. The largest absolute Gasteiger partial charge is 0.393 e. The molecule has 1 atom stereocenters. The van der Waals surface area contributed by atoms with Crippen molar-refractivity contribution in [3.05, 3.63) is 64.6 Å². The molecule has 0 spiro atoms. The Balaban J connectivity index is 1.97. The number of benzene rings is 1. The molecule has 1 heterocycles. The van der Waals surface area contributed by atoms with Gasteiger partial charge in [-0.25, -0.2) is 4.79 Å². The van der Waals surface area contributed by atoms with Crippen LogP contribution in [0.1, 0.15) is 25.3 Å². The van der Waals surface area contributed by atoms with E-state index in [0.29, 0.717) is 25.9 Å². The number of hydrogen-bond acceptors (Lipinski definition) is 3. The molecule has 6 heteroatoms. The van der Waals surface area contributed by atoms with Crippen LogP contribution in [0.25, 0.3) is 0 Å². The molecular formula is C18H23N3O3. The van der Waals surface area contributed by atoms with Crippen LogP contribution in [0, 0.1) is 0 Å². The van der Waals surface area contributed by atoms with Gasteiger partial charge in [-0.05, 0) is 30.5 Å². The van der Waals surface area contributed by atoms with Gasteiger partial charge in [0.15, 0.2) is 0 Å². The van der Waals surface area contributed by atoms with Gasteiger partial charge in [0, 0.05) is 12.7 Å². The van der Waals surface area contributed by atoms with Crippen molar-refractivity contribution in [2.45, 2.75) is 32.4 Å². The van der Waals surface area contributed by atoms with Gasteiger partial charge in [-0.1, -0.05) is 37.3 Å². The molecular weight excluding hydrogens is 306 g/mol. The number of nitrogens with zero attached hydrogens (tertiary/aromatic N) is 1. The van der Waals surface area contributed by atoms with Crippen LogP contribution in [0.15, 0.2) is 53.5 Å². The van der Waals surface area contributed by atoms with Crippen LogP contribution in [0.4, 0.5) is 10.5 Å². The van der Waals surface area contributed by atoms with Crippen molar-refractivity contribution in [2.75, 3.05) is 11.9 Å². The monoisotopic (exact) mass is 329 g/mol. The summed E-state index contributed by atoms with van der Waals surface area (Å²) in [5.74, 6) is 0. The summed E-state index contributed by atoms with van der Waals surface area (Å²) in [7, 11) is 0. The third-order valence-electron chi connectivity index (χ3n) is 3.70. The van der Waals surface area contributed by atoms with E-state index in [-0.39, 0.29) is 11.2 Å². The standard InChI is InChI=1S/C18H23N3O3/c1-2-15(22)10-11-19-18(24)20-16-9-6-12-21(17(16)23)13-14-7-4-3-5-8-14/h3-9,12,15,22H,2,10-11,13H2,1H3,(H2,19,20,24). The molecule has 0 radical (unpaired) electrons. The van der Waals surface area contributed by atoms with E-state index in [4.69, 9.17) is 0 Å². The van der Waals surface area contributed by atoms with E-state index in [1.807, 2.05) is 37.3 Å². The zero-order valence-electron chi connectivity index (χ0n) is 13.7. The summed E-state index contributed by atoms with van der Waals surface area (Å²) in [5.41, 5.74) is 0.974. The Hall–Kier alpha value is -2.60. The lowest BCUT2D eigenvalue weighted by molar-refractivity contribution is 0.160. The average Bonchev–Trinajstić information content (AvgIpc) is 2.59. The maximum atomic E-state index is 12.4. The van der Waals surface area contributed by atoms with E-state index in [2.05, 4.69) is 10.6 Å². The van der Waals surface area contributed by atoms with Crippen LogP contribution in [0.5, 0.6) is 0 Å². The highest BCUT2D eigenvalue weighted by atomic mass is 16.3. The minimum atomic E-state index is -0.451. The van der Waals surface area contributed by atoms with Gasteiger partial charge in [-0.2, -0.15) is 0 Å². The SMILES string of the molecule is CCC(O)CCNC(=O)Nc1cccn(Cc2ccccc2)c1=O. The van der Waals surface area contributed by atoms with Crippen molar-refractivity contribution in [1.29, 1.82) is 0 Å². The maximum absolute atomic E-state index is 12.4. The van der Waals surface area contributed by atoms with Gasteiger partial charge >= 0.3 is 6.03 Å². The summed E-state index contributed by atoms with van der Waals surface area (Å²) in [6.45, 7) is 2.68. The van der Waals surface area contributed by atoms with Crippen molar-refractivity contribution < 1.29 is 9.90 Å². The molecule has 24 heavy (non-hydrogen) atoms. The molecule has 0 bridgehead atoms. The van der Waals surface area contributed by atoms with Crippen LogP contribution >= 0.6 is 0 Å². The molecule has 0 saturated carbocycles. The van der Waals surface area contributed by atoms with Crippen molar-refractivity contribution >= 4 is 11.7 Å². The zero-order valence-corrected chi connectivity index (χ0v) is 13.7. The van der Waals surface area contributed by atoms with Gasteiger partial charge in [0.05, 0.1) is 12.6 Å². The fraction of sp³-hybridized carbons (Fsp3) is 0.333. The molecule has 1 unspecified atom stereocenters. The van der Waals surface area contributed by atoms with Crippen molar-refractivity contribution in [3.63, 3.8) is 0 Å². The Morgan fingerprint density at radius 2 is 1.96 bits per heavy atom. The van der Waals surface area contributed by atoms with E-state index in [1.54, 1.807) is 22.9 Å². The number of rotatable bonds is 7. The highest BCUT2D eigenvalue weighted by molar-refractivity contribution is 5.88. The van der Waals surface area contributed by atoms with Gasteiger partial charge < -0.3 is 20.3 Å². The maximum Gasteiger partial charge on any atom is 0.319 e. The number of carbonyl (C=O) groups is 1. The fourth-order valence-electron chi connectivity index (χ4n) is 2.26. The lowest BCUT2D eigenvalue weighted by atomic mass is 10.2. The number of pyridine rings is 1. The number of amides is 2. The number of anilines is 1. The number of aromatic nitrogens is 1. The summed E-state index contributed by atoms with van der Waals surface area (Å²) in [6, 6.07) is 12.5. The van der Waals surface area contributed by atoms with Gasteiger partial charge in [-0.3, -0.25) is 4.79 Å². The molecule has 0 aliphatic heterocycles. The second-order valence-corrected chi connectivity index (χ2v) is 5.57. The summed E-state index contributed by atoms with van der Waals surface area (Å²) in [5, 5.41) is 14.7. The number of carbonyl (C=O) groups excluding carboxylic acids is 1. The molecule has 6 nitrogen and oxygen atoms in total. The van der Waals surface area contributed by atoms with E-state index >= 15 is 0 Å². The average molecular weight is 329 g/mol. The first kappa shape index (κ1) is 17.7. The number of aliphatic hydroxyl groups is 1. The first-order valence-electron chi connectivity index (χ1n) is 8.06. The van der Waals surface area contributed by atoms with E-state index in [0.717, 1.165) is 5.56 Å². The smallest absolute Gasteiger partial charge is 0.319 e. The third-order valence-corrected chi connectivity index (χ3v) is 3.70. The summed E-state index contributed by atoms with van der Waals surface area (Å²) < 4.78 is 1.55. The first-order chi connectivity index (χ1) is 11.6. The van der Waals surface area contributed by atoms with Crippen molar-refractivity contribution in [1.82, 2.24) is 9.88 Å². The molecule has 1 aromatic carbocycles.